The normalized spacial score (nSPS) is 18.9. The predicted molar refractivity (Wildman–Crippen MR) is 73.1 cm³/mol. The van der Waals surface area contributed by atoms with Crippen molar-refractivity contribution in [3.05, 3.63) is 41.0 Å². The molecular formula is C15H17NO3. The summed E-state index contributed by atoms with van der Waals surface area (Å²) in [7, 11) is 0. The first kappa shape index (κ1) is 13.3. The Bertz CT molecular complexity index is 575. The van der Waals surface area contributed by atoms with Gasteiger partial charge in [0, 0.05) is 22.9 Å². The van der Waals surface area contributed by atoms with E-state index in [-0.39, 0.29) is 23.1 Å². The maximum Gasteiger partial charge on any atom is 0.331 e. The minimum atomic E-state index is -1.05. The van der Waals surface area contributed by atoms with Crippen molar-refractivity contribution < 1.29 is 14.7 Å². The van der Waals surface area contributed by atoms with Crippen molar-refractivity contribution in [1.29, 1.82) is 0 Å². The van der Waals surface area contributed by atoms with Gasteiger partial charge < -0.3 is 10.0 Å². The zero-order valence-corrected chi connectivity index (χ0v) is 11.3. The summed E-state index contributed by atoms with van der Waals surface area (Å²) in [4.78, 5) is 25.1. The molecule has 2 rings (SSSR count). The van der Waals surface area contributed by atoms with Gasteiger partial charge in [0.15, 0.2) is 0 Å². The number of carboxylic acid groups (broad SMARTS) is 1. The number of amides is 1. The molecule has 0 aliphatic carbocycles. The molecule has 1 heterocycles. The van der Waals surface area contributed by atoms with Crippen LogP contribution in [-0.2, 0) is 16.0 Å². The SMILES string of the molecule is C/C(C(=O)O)=C(\C)C(=O)N1c2ccccc2CC1C. The third-order valence-electron chi connectivity index (χ3n) is 3.63. The summed E-state index contributed by atoms with van der Waals surface area (Å²) >= 11 is 0. The number of anilines is 1. The Kier molecular flexibility index (Phi) is 3.42. The molecule has 1 atom stereocenters. The van der Waals surface area contributed by atoms with Crippen LogP contribution in [0.25, 0.3) is 0 Å². The third kappa shape index (κ3) is 2.26. The number of rotatable bonds is 2. The van der Waals surface area contributed by atoms with Crippen LogP contribution in [0.15, 0.2) is 35.4 Å². The van der Waals surface area contributed by atoms with E-state index in [1.807, 2.05) is 31.2 Å². The molecule has 4 heteroatoms. The number of carbonyl (C=O) groups is 2. The van der Waals surface area contributed by atoms with E-state index in [4.69, 9.17) is 5.11 Å². The van der Waals surface area contributed by atoms with Crippen molar-refractivity contribution in [3.8, 4) is 0 Å². The lowest BCUT2D eigenvalue weighted by Gasteiger charge is -2.23. The Hall–Kier alpha value is -2.10. The number of hydrogen-bond donors (Lipinski definition) is 1. The quantitative estimate of drug-likeness (QED) is 0.830. The zero-order chi connectivity index (χ0) is 14.2. The van der Waals surface area contributed by atoms with Crippen LogP contribution in [0.5, 0.6) is 0 Å². The largest absolute Gasteiger partial charge is 0.478 e. The molecule has 0 spiro atoms. The second-order valence-corrected chi connectivity index (χ2v) is 4.91. The maximum absolute atomic E-state index is 12.5. The Morgan fingerprint density at radius 3 is 2.47 bits per heavy atom. The lowest BCUT2D eigenvalue weighted by molar-refractivity contribution is -0.133. The molecule has 1 aromatic rings. The Labute approximate surface area is 112 Å². The van der Waals surface area contributed by atoms with E-state index in [0.29, 0.717) is 0 Å². The highest BCUT2D eigenvalue weighted by atomic mass is 16.4. The molecule has 0 saturated carbocycles. The second-order valence-electron chi connectivity index (χ2n) is 4.91. The van der Waals surface area contributed by atoms with Crippen molar-refractivity contribution in [3.63, 3.8) is 0 Å². The van der Waals surface area contributed by atoms with Gasteiger partial charge in [-0.3, -0.25) is 4.79 Å². The molecule has 1 unspecified atom stereocenters. The average molecular weight is 259 g/mol. The van der Waals surface area contributed by atoms with Gasteiger partial charge in [-0.25, -0.2) is 4.79 Å². The van der Waals surface area contributed by atoms with E-state index >= 15 is 0 Å². The van der Waals surface area contributed by atoms with Crippen LogP contribution in [0.1, 0.15) is 26.3 Å². The average Bonchev–Trinajstić information content (AvgIpc) is 2.71. The standard InChI is InChI=1S/C15H17NO3/c1-9-8-12-6-4-5-7-13(12)16(9)14(17)10(2)11(3)15(18)19/h4-7,9H,8H2,1-3H3,(H,18,19)/b11-10-. The second kappa shape index (κ2) is 4.88. The lowest BCUT2D eigenvalue weighted by atomic mass is 10.1. The van der Waals surface area contributed by atoms with Gasteiger partial charge in [-0.05, 0) is 38.8 Å². The van der Waals surface area contributed by atoms with E-state index < -0.39 is 5.97 Å². The molecule has 0 bridgehead atoms. The van der Waals surface area contributed by atoms with Crippen LogP contribution in [0, 0.1) is 0 Å². The Morgan fingerprint density at radius 2 is 1.84 bits per heavy atom. The molecule has 1 aromatic carbocycles. The molecule has 4 nitrogen and oxygen atoms in total. The molecule has 100 valence electrons. The van der Waals surface area contributed by atoms with Crippen LogP contribution in [0.4, 0.5) is 5.69 Å². The summed E-state index contributed by atoms with van der Waals surface area (Å²) < 4.78 is 0. The summed E-state index contributed by atoms with van der Waals surface area (Å²) in [5.74, 6) is -1.27. The molecule has 1 aliphatic heterocycles. The van der Waals surface area contributed by atoms with Gasteiger partial charge >= 0.3 is 5.97 Å². The number of carbonyl (C=O) groups excluding carboxylic acids is 1. The number of carboxylic acids is 1. The minimum Gasteiger partial charge on any atom is -0.478 e. The first-order valence-electron chi connectivity index (χ1n) is 6.25. The zero-order valence-electron chi connectivity index (χ0n) is 11.3. The summed E-state index contributed by atoms with van der Waals surface area (Å²) in [6, 6.07) is 7.80. The fourth-order valence-electron chi connectivity index (χ4n) is 2.38. The first-order valence-corrected chi connectivity index (χ1v) is 6.25. The smallest absolute Gasteiger partial charge is 0.331 e. The first-order chi connectivity index (χ1) is 8.93. The molecule has 0 fully saturated rings. The Morgan fingerprint density at radius 1 is 1.21 bits per heavy atom. The number of nitrogens with zero attached hydrogens (tertiary/aromatic N) is 1. The van der Waals surface area contributed by atoms with Crippen molar-refractivity contribution >= 4 is 17.6 Å². The van der Waals surface area contributed by atoms with Crippen molar-refractivity contribution in [2.24, 2.45) is 0 Å². The number of aliphatic carboxylic acids is 1. The van der Waals surface area contributed by atoms with Crippen LogP contribution in [-0.4, -0.2) is 23.0 Å². The fourth-order valence-corrected chi connectivity index (χ4v) is 2.38. The van der Waals surface area contributed by atoms with E-state index in [0.717, 1.165) is 17.7 Å². The lowest BCUT2D eigenvalue weighted by Crippen LogP contribution is -2.36. The number of hydrogen-bond acceptors (Lipinski definition) is 2. The molecule has 0 radical (unpaired) electrons. The number of fused-ring (bicyclic) bond motifs is 1. The van der Waals surface area contributed by atoms with E-state index in [9.17, 15) is 9.59 Å². The van der Waals surface area contributed by atoms with Gasteiger partial charge in [0.1, 0.15) is 0 Å². The molecular weight excluding hydrogens is 242 g/mol. The number of benzene rings is 1. The van der Waals surface area contributed by atoms with Crippen LogP contribution in [0.3, 0.4) is 0 Å². The topological polar surface area (TPSA) is 57.6 Å². The van der Waals surface area contributed by atoms with Crippen molar-refractivity contribution in [1.82, 2.24) is 0 Å². The molecule has 1 N–H and O–H groups in total. The Balaban J connectivity index is 2.41. The monoisotopic (exact) mass is 259 g/mol. The van der Waals surface area contributed by atoms with E-state index in [1.165, 1.54) is 6.92 Å². The third-order valence-corrected chi connectivity index (χ3v) is 3.63. The number of para-hydroxylation sites is 1. The van der Waals surface area contributed by atoms with E-state index in [2.05, 4.69) is 0 Å². The minimum absolute atomic E-state index is 0.0569. The van der Waals surface area contributed by atoms with Gasteiger partial charge in [0.25, 0.3) is 5.91 Å². The molecule has 1 amide bonds. The molecule has 0 saturated heterocycles. The summed E-state index contributed by atoms with van der Waals surface area (Å²) in [5, 5.41) is 8.98. The van der Waals surface area contributed by atoms with Crippen LogP contribution < -0.4 is 4.90 Å². The highest BCUT2D eigenvalue weighted by Gasteiger charge is 2.32. The predicted octanol–water partition coefficient (Wildman–Crippen LogP) is 2.39. The van der Waals surface area contributed by atoms with Gasteiger partial charge in [0.2, 0.25) is 0 Å². The van der Waals surface area contributed by atoms with Gasteiger partial charge in [-0.15, -0.1) is 0 Å². The highest BCUT2D eigenvalue weighted by molar-refractivity contribution is 6.10. The van der Waals surface area contributed by atoms with Gasteiger partial charge in [-0.2, -0.15) is 0 Å². The molecule has 0 aromatic heterocycles. The maximum atomic E-state index is 12.5. The van der Waals surface area contributed by atoms with Crippen LogP contribution >= 0.6 is 0 Å². The van der Waals surface area contributed by atoms with Crippen LogP contribution in [0.2, 0.25) is 0 Å². The molecule has 1 aliphatic rings. The highest BCUT2D eigenvalue weighted by Crippen LogP contribution is 2.33. The summed E-state index contributed by atoms with van der Waals surface area (Å²) in [6.07, 6.45) is 0.807. The van der Waals surface area contributed by atoms with Gasteiger partial charge in [-0.1, -0.05) is 18.2 Å². The van der Waals surface area contributed by atoms with Gasteiger partial charge in [0.05, 0.1) is 0 Å². The molecule has 19 heavy (non-hydrogen) atoms. The summed E-state index contributed by atoms with van der Waals surface area (Å²) in [5.41, 5.74) is 2.40. The van der Waals surface area contributed by atoms with Crippen molar-refractivity contribution in [2.45, 2.75) is 33.2 Å². The van der Waals surface area contributed by atoms with Crippen molar-refractivity contribution in [2.75, 3.05) is 4.90 Å². The summed E-state index contributed by atoms with van der Waals surface area (Å²) in [6.45, 7) is 5.00. The van der Waals surface area contributed by atoms with E-state index in [1.54, 1.807) is 11.8 Å². The fraction of sp³-hybridized carbons (Fsp3) is 0.333.